The number of fused-ring (bicyclic) bond motifs is 1. The van der Waals surface area contributed by atoms with Crippen LogP contribution in [0.1, 0.15) is 24.1 Å². The number of benzene rings is 2. The molecule has 5 rings (SSSR count). The lowest BCUT2D eigenvalue weighted by Crippen LogP contribution is -2.25. The Bertz CT molecular complexity index is 1380. The van der Waals surface area contributed by atoms with E-state index >= 15 is 4.39 Å². The molecule has 0 unspecified atom stereocenters. The van der Waals surface area contributed by atoms with E-state index in [0.717, 1.165) is 59.3 Å². The third kappa shape index (κ3) is 6.95. The van der Waals surface area contributed by atoms with Crippen molar-refractivity contribution in [2.24, 2.45) is 0 Å². The smallest absolute Gasteiger partial charge is 0.290 e. The van der Waals surface area contributed by atoms with Crippen LogP contribution < -0.4 is 4.74 Å². The molecule has 0 fully saturated rings. The standard InChI is InChI=1S/C22H23FN2O.C6H8N2O.CH2O2/c1-14-11-19-18(16-8-4-5-9-20(16)26-3)12-17(21(23)22(19)24-14)15-7-6-10-25(2)13-15;9-6-2-5-8-4-1-3-7-8;2-1-3/h4-5,7-9,11-12,24H,6,10,13H2,1-3H3;1,3-4,6H,2,5H2;1H,(H,2,3). The lowest BCUT2D eigenvalue weighted by atomic mass is 9.93. The molecule has 2 aromatic heterocycles. The predicted octanol–water partition coefficient (Wildman–Crippen LogP) is 5.18. The summed E-state index contributed by atoms with van der Waals surface area (Å²) in [5.41, 5.74) is 5.20. The van der Waals surface area contributed by atoms with Gasteiger partial charge in [0.1, 0.15) is 12.0 Å². The minimum atomic E-state index is -0.250. The van der Waals surface area contributed by atoms with Gasteiger partial charge in [-0.25, -0.2) is 4.39 Å². The third-order valence-corrected chi connectivity index (χ3v) is 6.11. The van der Waals surface area contributed by atoms with Gasteiger partial charge in [-0.2, -0.15) is 5.10 Å². The normalized spacial score (nSPS) is 13.0. The first kappa shape index (κ1) is 28.3. The van der Waals surface area contributed by atoms with E-state index in [0.29, 0.717) is 24.0 Å². The molecule has 0 spiro atoms. The summed E-state index contributed by atoms with van der Waals surface area (Å²) in [7, 11) is 3.74. The first-order valence-electron chi connectivity index (χ1n) is 12.3. The number of nitrogens with one attached hydrogen (secondary N) is 1. The van der Waals surface area contributed by atoms with Gasteiger partial charge in [0.05, 0.1) is 12.6 Å². The average molecular weight is 521 g/mol. The van der Waals surface area contributed by atoms with Crippen LogP contribution in [0.2, 0.25) is 0 Å². The molecule has 1 aliphatic heterocycles. The molecule has 0 saturated heterocycles. The predicted molar refractivity (Wildman–Crippen MR) is 147 cm³/mol. The van der Waals surface area contributed by atoms with Crippen molar-refractivity contribution in [1.29, 1.82) is 0 Å². The van der Waals surface area contributed by atoms with E-state index in [1.54, 1.807) is 18.0 Å². The summed E-state index contributed by atoms with van der Waals surface area (Å²) in [5.74, 6) is 0.619. The molecule has 9 heteroatoms. The Labute approximate surface area is 221 Å². The van der Waals surface area contributed by atoms with Crippen LogP contribution in [0.4, 0.5) is 4.39 Å². The minimum absolute atomic E-state index is 0.173. The molecule has 0 saturated carbocycles. The quantitative estimate of drug-likeness (QED) is 0.340. The summed E-state index contributed by atoms with van der Waals surface area (Å²) >= 11 is 0. The molecule has 0 aliphatic carbocycles. The number of para-hydroxylation sites is 1. The summed E-state index contributed by atoms with van der Waals surface area (Å²) in [4.78, 5) is 23.7. The number of hydrogen-bond acceptors (Lipinski definition) is 5. The summed E-state index contributed by atoms with van der Waals surface area (Å²) in [6, 6.07) is 13.7. The zero-order valence-corrected chi connectivity index (χ0v) is 21.9. The number of hydrogen-bond donors (Lipinski definition) is 2. The van der Waals surface area contributed by atoms with Crippen LogP contribution >= 0.6 is 0 Å². The van der Waals surface area contributed by atoms with Crippen LogP contribution in [0.5, 0.6) is 5.75 Å². The fraction of sp³-hybridized carbons (Fsp3) is 0.276. The van der Waals surface area contributed by atoms with E-state index < -0.39 is 0 Å². The highest BCUT2D eigenvalue weighted by molar-refractivity contribution is 6.00. The van der Waals surface area contributed by atoms with Crippen molar-refractivity contribution in [3.05, 3.63) is 78.0 Å². The van der Waals surface area contributed by atoms with Crippen LogP contribution in [0.3, 0.4) is 0 Å². The maximum atomic E-state index is 15.4. The maximum absolute atomic E-state index is 15.4. The number of ether oxygens (including phenoxy) is 1. The monoisotopic (exact) mass is 520 g/mol. The second-order valence-corrected chi connectivity index (χ2v) is 8.81. The number of carbonyl (C=O) groups is 2. The van der Waals surface area contributed by atoms with Gasteiger partial charge in [0.2, 0.25) is 0 Å². The first-order valence-corrected chi connectivity index (χ1v) is 12.3. The van der Waals surface area contributed by atoms with Gasteiger partial charge in [-0.05, 0) is 55.8 Å². The fourth-order valence-electron chi connectivity index (χ4n) is 4.42. The van der Waals surface area contributed by atoms with Crippen molar-refractivity contribution < 1.29 is 23.8 Å². The number of aldehydes is 1. The van der Waals surface area contributed by atoms with Crippen molar-refractivity contribution in [2.75, 3.05) is 27.2 Å². The molecular weight excluding hydrogens is 487 g/mol. The number of H-pyrrole nitrogens is 1. The Morgan fingerprint density at radius 1 is 1.16 bits per heavy atom. The van der Waals surface area contributed by atoms with E-state index in [4.69, 9.17) is 14.6 Å². The van der Waals surface area contributed by atoms with Crippen LogP contribution in [0.15, 0.2) is 60.9 Å². The number of aromatic nitrogens is 3. The number of aryl methyl sites for hydroxylation is 2. The number of halogens is 1. The van der Waals surface area contributed by atoms with Crippen molar-refractivity contribution in [2.45, 2.75) is 26.3 Å². The zero-order chi connectivity index (χ0) is 27.5. The first-order chi connectivity index (χ1) is 18.4. The molecule has 2 aromatic carbocycles. The summed E-state index contributed by atoms with van der Waals surface area (Å²) in [5, 5.41) is 11.7. The molecule has 3 heterocycles. The van der Waals surface area contributed by atoms with Crippen LogP contribution in [-0.4, -0.2) is 64.8 Å². The molecule has 0 amide bonds. The van der Waals surface area contributed by atoms with Gasteiger partial charge in [-0.15, -0.1) is 0 Å². The second-order valence-electron chi connectivity index (χ2n) is 8.81. The molecule has 0 radical (unpaired) electrons. The van der Waals surface area contributed by atoms with Gasteiger partial charge >= 0.3 is 0 Å². The molecule has 1 aliphatic rings. The van der Waals surface area contributed by atoms with E-state index in [9.17, 15) is 4.79 Å². The van der Waals surface area contributed by atoms with E-state index in [2.05, 4.69) is 28.1 Å². The van der Waals surface area contributed by atoms with Crippen molar-refractivity contribution in [3.8, 4) is 16.9 Å². The number of nitrogens with zero attached hydrogens (tertiary/aromatic N) is 3. The highest BCUT2D eigenvalue weighted by Crippen LogP contribution is 2.39. The molecule has 200 valence electrons. The van der Waals surface area contributed by atoms with Gasteiger partial charge in [-0.3, -0.25) is 9.48 Å². The molecule has 0 atom stereocenters. The number of rotatable bonds is 6. The van der Waals surface area contributed by atoms with Gasteiger partial charge in [0.25, 0.3) is 6.47 Å². The number of carboxylic acid groups (broad SMARTS) is 1. The van der Waals surface area contributed by atoms with E-state index in [-0.39, 0.29) is 12.3 Å². The molecule has 38 heavy (non-hydrogen) atoms. The summed E-state index contributed by atoms with van der Waals surface area (Å²) in [6.07, 6.45) is 8.07. The van der Waals surface area contributed by atoms with Gasteiger partial charge in [0, 0.05) is 60.7 Å². The van der Waals surface area contributed by atoms with Crippen LogP contribution in [0, 0.1) is 12.7 Å². The average Bonchev–Trinajstić information content (AvgIpc) is 3.58. The molecule has 8 nitrogen and oxygen atoms in total. The van der Waals surface area contributed by atoms with Gasteiger partial charge in [0.15, 0.2) is 5.82 Å². The fourth-order valence-corrected chi connectivity index (χ4v) is 4.42. The third-order valence-electron chi connectivity index (χ3n) is 6.11. The van der Waals surface area contributed by atoms with E-state index in [1.165, 1.54) is 0 Å². The Hall–Kier alpha value is -4.24. The van der Waals surface area contributed by atoms with Crippen molar-refractivity contribution in [1.82, 2.24) is 19.7 Å². The van der Waals surface area contributed by atoms with Crippen LogP contribution in [0.25, 0.3) is 27.6 Å². The summed E-state index contributed by atoms with van der Waals surface area (Å²) in [6.45, 7) is 4.16. The lowest BCUT2D eigenvalue weighted by Gasteiger charge is -2.24. The van der Waals surface area contributed by atoms with E-state index in [1.807, 2.05) is 55.6 Å². The number of likely N-dealkylation sites (N-methyl/N-ethyl adjacent to an activating group) is 1. The lowest BCUT2D eigenvalue weighted by molar-refractivity contribution is -0.122. The topological polar surface area (TPSA) is 100 Å². The molecular formula is C29H33FN4O4. The summed E-state index contributed by atoms with van der Waals surface area (Å²) < 4.78 is 22.6. The number of aromatic amines is 1. The maximum Gasteiger partial charge on any atom is 0.290 e. The highest BCUT2D eigenvalue weighted by atomic mass is 19.1. The Kier molecular flexibility index (Phi) is 10.4. The Balaban J connectivity index is 0.000000278. The zero-order valence-electron chi connectivity index (χ0n) is 21.9. The molecule has 0 bridgehead atoms. The second kappa shape index (κ2) is 13.9. The van der Waals surface area contributed by atoms with Gasteiger partial charge in [-0.1, -0.05) is 24.3 Å². The largest absolute Gasteiger partial charge is 0.496 e. The van der Waals surface area contributed by atoms with Gasteiger partial charge < -0.3 is 24.5 Å². The van der Waals surface area contributed by atoms with Crippen molar-refractivity contribution >= 4 is 29.2 Å². The Morgan fingerprint density at radius 2 is 1.92 bits per heavy atom. The molecule has 4 aromatic rings. The number of carbonyl (C=O) groups excluding carboxylic acids is 1. The minimum Gasteiger partial charge on any atom is -0.496 e. The van der Waals surface area contributed by atoms with Crippen molar-refractivity contribution in [3.63, 3.8) is 0 Å². The Morgan fingerprint density at radius 3 is 2.58 bits per heavy atom. The SMILES string of the molecule is COc1ccccc1-c1cc(C2=CCCN(C)C2)c(F)c2[nH]c(C)cc12.O=CCCn1cccn1.O=CO. The highest BCUT2D eigenvalue weighted by Gasteiger charge is 2.21. The van der Waals surface area contributed by atoms with Crippen LogP contribution in [-0.2, 0) is 16.1 Å². The number of methoxy groups -OCH3 is 1. The molecule has 2 N–H and O–H groups in total.